The lowest BCUT2D eigenvalue weighted by atomic mass is 9.95. The number of H-pyrrole nitrogens is 2. The Bertz CT molecular complexity index is 1780. The van der Waals surface area contributed by atoms with Crippen LogP contribution >= 0.6 is 0 Å². The molecule has 0 aliphatic carbocycles. The molecular weight excluding hydrogens is 470 g/mol. The van der Waals surface area contributed by atoms with E-state index in [0.717, 1.165) is 52.3 Å². The summed E-state index contributed by atoms with van der Waals surface area (Å²) >= 11 is 0. The lowest BCUT2D eigenvalue weighted by molar-refractivity contribution is 0.0692. The molecule has 4 aromatic heterocycles. The summed E-state index contributed by atoms with van der Waals surface area (Å²) in [5.41, 5.74) is 7.42. The summed E-state index contributed by atoms with van der Waals surface area (Å²) in [5, 5.41) is 8.67. The van der Waals surface area contributed by atoms with Crippen molar-refractivity contribution in [2.45, 2.75) is 37.8 Å². The Labute approximate surface area is 210 Å². The molecule has 3 aliphatic rings. The summed E-state index contributed by atoms with van der Waals surface area (Å²) in [6, 6.07) is 9.90. The molecule has 1 unspecified atom stereocenters. The average Bonchev–Trinajstić information content (AvgIpc) is 3.63. The second-order valence-corrected chi connectivity index (χ2v) is 10.1. The molecule has 2 N–H and O–H groups in total. The number of fused-ring (bicyclic) bond motifs is 7. The highest BCUT2D eigenvalue weighted by molar-refractivity contribution is 6.02. The summed E-state index contributed by atoms with van der Waals surface area (Å²) in [6.07, 6.45) is 5.94. The molecule has 184 valence electrons. The molecule has 0 radical (unpaired) electrons. The van der Waals surface area contributed by atoms with Crippen molar-refractivity contribution in [3.8, 4) is 11.3 Å². The molecule has 1 atom stereocenters. The van der Waals surface area contributed by atoms with Crippen molar-refractivity contribution in [2.75, 3.05) is 13.2 Å². The van der Waals surface area contributed by atoms with Crippen LogP contribution in [-0.4, -0.2) is 53.6 Å². The SMILES string of the molecule is O=C1c2cc3[nH]c(=O)c4nnc(C5CCOCC5)n4c3cc2C2Cc3[nH]c(-c4ccncc4)cc3CN12. The molecule has 1 saturated heterocycles. The Kier molecular flexibility index (Phi) is 4.28. The Morgan fingerprint density at radius 2 is 1.84 bits per heavy atom. The van der Waals surface area contributed by atoms with E-state index in [1.807, 2.05) is 27.5 Å². The number of nitrogens with zero attached hydrogens (tertiary/aromatic N) is 5. The van der Waals surface area contributed by atoms with Crippen molar-refractivity contribution in [1.29, 1.82) is 0 Å². The lowest BCUT2D eigenvalue weighted by Crippen LogP contribution is -2.32. The second kappa shape index (κ2) is 7.59. The van der Waals surface area contributed by atoms with E-state index >= 15 is 0 Å². The highest BCUT2D eigenvalue weighted by atomic mass is 16.5. The van der Waals surface area contributed by atoms with Gasteiger partial charge in [-0.1, -0.05) is 0 Å². The number of carbonyl (C=O) groups excluding carboxylic acids is 1. The van der Waals surface area contributed by atoms with Crippen molar-refractivity contribution in [3.63, 3.8) is 0 Å². The van der Waals surface area contributed by atoms with E-state index in [2.05, 4.69) is 37.3 Å². The van der Waals surface area contributed by atoms with Crippen LogP contribution in [0.25, 0.3) is 27.9 Å². The van der Waals surface area contributed by atoms with Gasteiger partial charge in [-0.25, -0.2) is 0 Å². The summed E-state index contributed by atoms with van der Waals surface area (Å²) < 4.78 is 7.43. The van der Waals surface area contributed by atoms with Crippen molar-refractivity contribution >= 4 is 22.6 Å². The van der Waals surface area contributed by atoms with E-state index in [1.165, 1.54) is 0 Å². The van der Waals surface area contributed by atoms with Crippen LogP contribution in [0.15, 0.2) is 47.5 Å². The standard InChI is InChI=1S/C27H23N7O3/c35-26-25-32-31-24(15-3-7-37-8-4-15)34(25)23-11-17-18(10-21(23)30-26)27(36)33-13-16-9-19(14-1-5-28-6-2-14)29-20(16)12-22(17)33/h1-2,5-6,9-11,15,22,29H,3-4,7-8,12-13H2,(H,30,35). The van der Waals surface area contributed by atoms with E-state index in [4.69, 9.17) is 4.74 Å². The molecule has 10 heteroatoms. The largest absolute Gasteiger partial charge is 0.381 e. The van der Waals surface area contributed by atoms with Crippen molar-refractivity contribution in [1.82, 2.24) is 34.4 Å². The van der Waals surface area contributed by atoms with E-state index in [1.54, 1.807) is 12.4 Å². The number of nitrogens with one attached hydrogen (secondary N) is 2. The highest BCUT2D eigenvalue weighted by Crippen LogP contribution is 2.43. The van der Waals surface area contributed by atoms with Crippen molar-refractivity contribution < 1.29 is 9.53 Å². The molecule has 0 saturated carbocycles. The molecule has 1 fully saturated rings. The van der Waals surface area contributed by atoms with Gasteiger partial charge in [0.25, 0.3) is 11.5 Å². The number of benzene rings is 1. The number of aromatic amines is 2. The Morgan fingerprint density at radius 3 is 2.68 bits per heavy atom. The van der Waals surface area contributed by atoms with E-state index in [0.29, 0.717) is 37.3 Å². The maximum atomic E-state index is 13.5. The zero-order valence-electron chi connectivity index (χ0n) is 19.9. The van der Waals surface area contributed by atoms with Gasteiger partial charge in [0, 0.05) is 67.0 Å². The molecule has 8 rings (SSSR count). The molecule has 1 amide bonds. The summed E-state index contributed by atoms with van der Waals surface area (Å²) in [6.45, 7) is 1.88. The van der Waals surface area contributed by atoms with E-state index in [-0.39, 0.29) is 29.1 Å². The smallest absolute Gasteiger partial charge is 0.294 e. The van der Waals surface area contributed by atoms with Gasteiger partial charge in [-0.2, -0.15) is 0 Å². The maximum absolute atomic E-state index is 13.5. The highest BCUT2D eigenvalue weighted by Gasteiger charge is 2.41. The fourth-order valence-corrected chi connectivity index (χ4v) is 6.22. The predicted octanol–water partition coefficient (Wildman–Crippen LogP) is 3.11. The molecule has 7 heterocycles. The molecule has 37 heavy (non-hydrogen) atoms. The van der Waals surface area contributed by atoms with Crippen LogP contribution in [0.3, 0.4) is 0 Å². The summed E-state index contributed by atoms with van der Waals surface area (Å²) in [5.74, 6) is 0.948. The van der Waals surface area contributed by atoms with Crippen molar-refractivity contribution in [2.24, 2.45) is 0 Å². The van der Waals surface area contributed by atoms with Gasteiger partial charge in [-0.15, -0.1) is 10.2 Å². The first kappa shape index (κ1) is 20.8. The van der Waals surface area contributed by atoms with Crippen LogP contribution in [0.2, 0.25) is 0 Å². The minimum absolute atomic E-state index is 0.00596. The topological polar surface area (TPSA) is 121 Å². The van der Waals surface area contributed by atoms with Crippen LogP contribution in [0, 0.1) is 0 Å². The van der Waals surface area contributed by atoms with Gasteiger partial charge in [-0.05, 0) is 54.3 Å². The molecular formula is C27H23N7O3. The van der Waals surface area contributed by atoms with Gasteiger partial charge >= 0.3 is 0 Å². The minimum Gasteiger partial charge on any atom is -0.381 e. The van der Waals surface area contributed by atoms with Gasteiger partial charge < -0.3 is 19.6 Å². The van der Waals surface area contributed by atoms with Crippen LogP contribution in [0.5, 0.6) is 0 Å². The van der Waals surface area contributed by atoms with Crippen LogP contribution in [-0.2, 0) is 17.7 Å². The second-order valence-electron chi connectivity index (χ2n) is 10.1. The minimum atomic E-state index is -0.306. The molecule has 5 aromatic rings. The Hall–Kier alpha value is -4.31. The molecule has 1 aromatic carbocycles. The third-order valence-electron chi connectivity index (χ3n) is 8.08. The maximum Gasteiger partial charge on any atom is 0.294 e. The van der Waals surface area contributed by atoms with Crippen LogP contribution in [0.4, 0.5) is 0 Å². The average molecular weight is 494 g/mol. The van der Waals surface area contributed by atoms with Crippen molar-refractivity contribution in [3.05, 3.63) is 81.3 Å². The number of ether oxygens (including phenoxy) is 1. The fourth-order valence-electron chi connectivity index (χ4n) is 6.22. The summed E-state index contributed by atoms with van der Waals surface area (Å²) in [7, 11) is 0. The summed E-state index contributed by atoms with van der Waals surface area (Å²) in [4.78, 5) is 39.0. The number of amides is 1. The molecule has 0 bridgehead atoms. The van der Waals surface area contributed by atoms with Gasteiger partial charge in [0.15, 0.2) is 0 Å². The number of hydrogen-bond acceptors (Lipinski definition) is 6. The van der Waals surface area contributed by atoms with E-state index in [9.17, 15) is 9.59 Å². The number of hydrogen-bond donors (Lipinski definition) is 2. The quantitative estimate of drug-likeness (QED) is 0.390. The lowest BCUT2D eigenvalue weighted by Gasteiger charge is -2.30. The Balaban J connectivity index is 1.26. The zero-order valence-corrected chi connectivity index (χ0v) is 19.9. The van der Waals surface area contributed by atoms with Crippen LogP contribution < -0.4 is 5.56 Å². The molecule has 0 spiro atoms. The predicted molar refractivity (Wildman–Crippen MR) is 134 cm³/mol. The normalized spacial score (nSPS) is 19.4. The first-order valence-electron chi connectivity index (χ1n) is 12.6. The van der Waals surface area contributed by atoms with Gasteiger partial charge in [-0.3, -0.25) is 19.0 Å². The fraction of sp³-hybridized carbons (Fsp3) is 0.296. The van der Waals surface area contributed by atoms with Gasteiger partial charge in [0.2, 0.25) is 5.65 Å². The third kappa shape index (κ3) is 2.99. The zero-order chi connectivity index (χ0) is 24.7. The number of aromatic nitrogens is 6. The van der Waals surface area contributed by atoms with Gasteiger partial charge in [0.05, 0.1) is 17.1 Å². The first-order valence-corrected chi connectivity index (χ1v) is 12.6. The monoisotopic (exact) mass is 493 g/mol. The molecule has 10 nitrogen and oxygen atoms in total. The van der Waals surface area contributed by atoms with Gasteiger partial charge in [0.1, 0.15) is 5.82 Å². The first-order chi connectivity index (χ1) is 18.2. The Morgan fingerprint density at radius 1 is 1.00 bits per heavy atom. The molecule has 3 aliphatic heterocycles. The van der Waals surface area contributed by atoms with Crippen LogP contribution in [0.1, 0.15) is 57.8 Å². The number of pyridine rings is 1. The number of rotatable bonds is 2. The number of carbonyl (C=O) groups is 1. The third-order valence-corrected chi connectivity index (χ3v) is 8.08. The van der Waals surface area contributed by atoms with E-state index < -0.39 is 0 Å².